The molecule has 0 bridgehead atoms. The van der Waals surface area contributed by atoms with E-state index in [0.717, 1.165) is 63.7 Å². The van der Waals surface area contributed by atoms with Crippen LogP contribution in [-0.2, 0) is 9.53 Å². The van der Waals surface area contributed by atoms with Crippen molar-refractivity contribution in [1.29, 1.82) is 0 Å². The molecule has 0 aliphatic carbocycles. The van der Waals surface area contributed by atoms with Crippen molar-refractivity contribution in [3.05, 3.63) is 12.1 Å². The fourth-order valence-electron chi connectivity index (χ4n) is 3.56. The van der Waals surface area contributed by atoms with Gasteiger partial charge in [-0.15, -0.1) is 10.2 Å². The van der Waals surface area contributed by atoms with Crippen molar-refractivity contribution in [3.63, 3.8) is 0 Å². The second-order valence-electron chi connectivity index (χ2n) is 6.62. The quantitative estimate of drug-likeness (QED) is 0.802. The van der Waals surface area contributed by atoms with E-state index in [1.165, 1.54) is 0 Å². The Morgan fingerprint density at radius 3 is 2.36 bits per heavy atom. The summed E-state index contributed by atoms with van der Waals surface area (Å²) in [6.07, 6.45) is 1.72. The smallest absolute Gasteiger partial charge is 0.225 e. The third-order valence-electron chi connectivity index (χ3n) is 5.21. The first-order chi connectivity index (χ1) is 12.2. The average molecular weight is 347 g/mol. The summed E-state index contributed by atoms with van der Waals surface area (Å²) in [5, 5.41) is 8.76. The second-order valence-corrected chi connectivity index (χ2v) is 6.62. The van der Waals surface area contributed by atoms with Crippen LogP contribution in [-0.4, -0.2) is 73.5 Å². The third kappa shape index (κ3) is 4.21. The van der Waals surface area contributed by atoms with E-state index in [4.69, 9.17) is 4.74 Å². The van der Waals surface area contributed by atoms with Crippen LogP contribution in [0.25, 0.3) is 0 Å². The molecular formula is C18H29N5O2. The molecule has 3 rings (SSSR count). The summed E-state index contributed by atoms with van der Waals surface area (Å²) in [6.45, 7) is 10.7. The molecule has 2 saturated heterocycles. The second kappa shape index (κ2) is 8.47. The molecule has 1 aromatic rings. The van der Waals surface area contributed by atoms with Gasteiger partial charge in [-0.05, 0) is 38.8 Å². The molecule has 0 radical (unpaired) electrons. The Morgan fingerprint density at radius 1 is 1.12 bits per heavy atom. The number of piperazine rings is 1. The standard InChI is InChI=1S/C18H29N5O2/c1-3-21(4-2)16-5-6-17(20-19-16)22-9-11-23(12-10-22)18(24)15-7-13-25-14-8-15/h5-6,15H,3-4,7-14H2,1-2H3. The number of rotatable bonds is 5. The van der Waals surface area contributed by atoms with Crippen LogP contribution in [0.3, 0.4) is 0 Å². The minimum Gasteiger partial charge on any atom is -0.381 e. The zero-order valence-corrected chi connectivity index (χ0v) is 15.4. The molecule has 138 valence electrons. The van der Waals surface area contributed by atoms with E-state index >= 15 is 0 Å². The Labute approximate surface area is 149 Å². The van der Waals surface area contributed by atoms with Crippen molar-refractivity contribution in [3.8, 4) is 0 Å². The summed E-state index contributed by atoms with van der Waals surface area (Å²) in [5.41, 5.74) is 0. The molecule has 0 N–H and O–H groups in total. The molecule has 7 nitrogen and oxygen atoms in total. The molecular weight excluding hydrogens is 318 g/mol. The lowest BCUT2D eigenvalue weighted by Gasteiger charge is -2.37. The van der Waals surface area contributed by atoms with Gasteiger partial charge in [-0.3, -0.25) is 4.79 Å². The minimum atomic E-state index is 0.147. The number of carbonyl (C=O) groups excluding carboxylic acids is 1. The zero-order chi connectivity index (χ0) is 17.6. The van der Waals surface area contributed by atoms with Crippen LogP contribution >= 0.6 is 0 Å². The molecule has 3 heterocycles. The van der Waals surface area contributed by atoms with Gasteiger partial charge in [0.25, 0.3) is 0 Å². The maximum absolute atomic E-state index is 12.6. The first kappa shape index (κ1) is 17.9. The first-order valence-corrected chi connectivity index (χ1v) is 9.43. The zero-order valence-electron chi connectivity index (χ0n) is 15.4. The lowest BCUT2D eigenvalue weighted by Crippen LogP contribution is -2.51. The maximum atomic E-state index is 12.6. The molecule has 2 fully saturated rings. The van der Waals surface area contributed by atoms with Crippen LogP contribution in [0.4, 0.5) is 11.6 Å². The van der Waals surface area contributed by atoms with E-state index in [1.807, 2.05) is 17.0 Å². The molecule has 1 aromatic heterocycles. The van der Waals surface area contributed by atoms with Crippen LogP contribution in [0.15, 0.2) is 12.1 Å². The van der Waals surface area contributed by atoms with E-state index in [2.05, 4.69) is 33.8 Å². The Kier molecular flexibility index (Phi) is 6.07. The fourth-order valence-corrected chi connectivity index (χ4v) is 3.56. The van der Waals surface area contributed by atoms with Crippen LogP contribution in [0.2, 0.25) is 0 Å². The highest BCUT2D eigenvalue weighted by Gasteiger charge is 2.29. The van der Waals surface area contributed by atoms with Crippen molar-refractivity contribution in [2.24, 2.45) is 5.92 Å². The predicted molar refractivity (Wildman–Crippen MR) is 97.9 cm³/mol. The largest absolute Gasteiger partial charge is 0.381 e. The Bertz CT molecular complexity index is 547. The number of amides is 1. The highest BCUT2D eigenvalue weighted by Crippen LogP contribution is 2.20. The Balaban J connectivity index is 1.54. The molecule has 25 heavy (non-hydrogen) atoms. The first-order valence-electron chi connectivity index (χ1n) is 9.43. The SMILES string of the molecule is CCN(CC)c1ccc(N2CCN(C(=O)C3CCOCC3)CC2)nn1. The summed E-state index contributed by atoms with van der Waals surface area (Å²) in [7, 11) is 0. The number of nitrogens with zero attached hydrogens (tertiary/aromatic N) is 5. The number of anilines is 2. The molecule has 0 unspecified atom stereocenters. The molecule has 2 aliphatic rings. The van der Waals surface area contributed by atoms with Crippen LogP contribution in [0.5, 0.6) is 0 Å². The molecule has 0 saturated carbocycles. The lowest BCUT2D eigenvalue weighted by molar-refractivity contribution is -0.138. The number of ether oxygens (including phenoxy) is 1. The lowest BCUT2D eigenvalue weighted by atomic mass is 9.98. The van der Waals surface area contributed by atoms with Crippen molar-refractivity contribution in [2.75, 3.05) is 62.3 Å². The fraction of sp³-hybridized carbons (Fsp3) is 0.722. The van der Waals surface area contributed by atoms with Gasteiger partial charge in [0, 0.05) is 58.4 Å². The van der Waals surface area contributed by atoms with Gasteiger partial charge in [-0.25, -0.2) is 0 Å². The van der Waals surface area contributed by atoms with E-state index in [9.17, 15) is 4.79 Å². The molecule has 0 spiro atoms. The number of hydrogen-bond donors (Lipinski definition) is 0. The van der Waals surface area contributed by atoms with Gasteiger partial charge in [0.2, 0.25) is 5.91 Å². The van der Waals surface area contributed by atoms with Gasteiger partial charge < -0.3 is 19.4 Å². The Morgan fingerprint density at radius 2 is 1.80 bits per heavy atom. The van der Waals surface area contributed by atoms with Crippen molar-refractivity contribution in [2.45, 2.75) is 26.7 Å². The molecule has 0 atom stereocenters. The van der Waals surface area contributed by atoms with Crippen molar-refractivity contribution < 1.29 is 9.53 Å². The van der Waals surface area contributed by atoms with E-state index in [0.29, 0.717) is 19.1 Å². The van der Waals surface area contributed by atoms with Crippen molar-refractivity contribution in [1.82, 2.24) is 15.1 Å². The summed E-state index contributed by atoms with van der Waals surface area (Å²) >= 11 is 0. The summed E-state index contributed by atoms with van der Waals surface area (Å²) in [5.74, 6) is 2.26. The molecule has 2 aliphatic heterocycles. The summed E-state index contributed by atoms with van der Waals surface area (Å²) in [6, 6.07) is 4.07. The average Bonchev–Trinajstić information content (AvgIpc) is 2.70. The number of aromatic nitrogens is 2. The molecule has 0 aromatic carbocycles. The van der Waals surface area contributed by atoms with Crippen LogP contribution in [0.1, 0.15) is 26.7 Å². The van der Waals surface area contributed by atoms with Crippen LogP contribution in [0, 0.1) is 5.92 Å². The Hall–Kier alpha value is -1.89. The highest BCUT2D eigenvalue weighted by molar-refractivity contribution is 5.79. The topological polar surface area (TPSA) is 61.8 Å². The van der Waals surface area contributed by atoms with Crippen LogP contribution < -0.4 is 9.80 Å². The monoisotopic (exact) mass is 347 g/mol. The van der Waals surface area contributed by atoms with Gasteiger partial charge in [-0.1, -0.05) is 0 Å². The summed E-state index contributed by atoms with van der Waals surface area (Å²) < 4.78 is 5.36. The van der Waals surface area contributed by atoms with Gasteiger partial charge in [0.15, 0.2) is 11.6 Å². The molecule has 7 heteroatoms. The molecule has 1 amide bonds. The van der Waals surface area contributed by atoms with E-state index < -0.39 is 0 Å². The minimum absolute atomic E-state index is 0.147. The van der Waals surface area contributed by atoms with Gasteiger partial charge in [0.05, 0.1) is 0 Å². The van der Waals surface area contributed by atoms with E-state index in [1.54, 1.807) is 0 Å². The van der Waals surface area contributed by atoms with Gasteiger partial charge >= 0.3 is 0 Å². The van der Waals surface area contributed by atoms with E-state index in [-0.39, 0.29) is 5.92 Å². The van der Waals surface area contributed by atoms with Crippen molar-refractivity contribution >= 4 is 17.5 Å². The van der Waals surface area contributed by atoms with Gasteiger partial charge in [-0.2, -0.15) is 0 Å². The highest BCUT2D eigenvalue weighted by atomic mass is 16.5. The normalized spacial score (nSPS) is 19.1. The number of hydrogen-bond acceptors (Lipinski definition) is 6. The third-order valence-corrected chi connectivity index (χ3v) is 5.21. The maximum Gasteiger partial charge on any atom is 0.225 e. The predicted octanol–water partition coefficient (Wildman–Crippen LogP) is 1.40. The summed E-state index contributed by atoms with van der Waals surface area (Å²) in [4.78, 5) is 19.0. The number of carbonyl (C=O) groups is 1. The van der Waals surface area contributed by atoms with Gasteiger partial charge in [0.1, 0.15) is 0 Å².